The Hall–Kier alpha value is -2.40. The molecule has 3 aromatic rings. The van der Waals surface area contributed by atoms with Crippen LogP contribution in [0.4, 0.5) is 0 Å². The number of fused-ring (bicyclic) bond motifs is 3. The average Bonchev–Trinajstić information content (AvgIpc) is 3.27. The second-order valence-electron chi connectivity index (χ2n) is 9.29. The maximum Gasteiger partial charge on any atom is 0.253 e. The summed E-state index contributed by atoms with van der Waals surface area (Å²) in [5, 5.41) is 3.97. The lowest BCUT2D eigenvalue weighted by Crippen LogP contribution is -2.46. The van der Waals surface area contributed by atoms with Crippen LogP contribution < -0.4 is 5.32 Å². The van der Waals surface area contributed by atoms with Gasteiger partial charge in [0.2, 0.25) is 0 Å². The van der Waals surface area contributed by atoms with E-state index in [9.17, 15) is 4.79 Å². The molecule has 0 saturated heterocycles. The van der Waals surface area contributed by atoms with E-state index in [-0.39, 0.29) is 22.8 Å². The molecule has 5 rings (SSSR count). The Bertz CT molecular complexity index is 1120. The van der Waals surface area contributed by atoms with E-state index in [1.807, 2.05) is 24.3 Å². The number of carbonyl (C=O) groups is 1. The van der Waals surface area contributed by atoms with Gasteiger partial charge in [-0.3, -0.25) is 4.79 Å². The smallest absolute Gasteiger partial charge is 0.253 e. The van der Waals surface area contributed by atoms with E-state index in [0.29, 0.717) is 33.5 Å². The molecule has 1 amide bonds. The Morgan fingerprint density at radius 3 is 2.79 bits per heavy atom. The van der Waals surface area contributed by atoms with Gasteiger partial charge in [0, 0.05) is 22.8 Å². The number of carbonyl (C=O) groups excluding carboxylic acids is 1. The predicted molar refractivity (Wildman–Crippen MR) is 115 cm³/mol. The highest BCUT2D eigenvalue weighted by molar-refractivity contribution is 6.30. The molecule has 3 unspecified atom stereocenters. The third kappa shape index (κ3) is 2.71. The Labute approximate surface area is 175 Å². The molecule has 5 nitrogen and oxygen atoms in total. The predicted octanol–water partition coefficient (Wildman–Crippen LogP) is 5.22. The SMILES string of the molecule is CC1(C)C2CCC1(C)C(NC(=O)c1ccnc3[nH]c(-c4cccc(Cl)c4)nc13)C2. The normalized spacial score (nSPS) is 27.4. The van der Waals surface area contributed by atoms with Crippen LogP contribution in [0, 0.1) is 16.7 Å². The zero-order chi connectivity index (χ0) is 20.4. The van der Waals surface area contributed by atoms with E-state index in [1.54, 1.807) is 12.3 Å². The topological polar surface area (TPSA) is 70.7 Å². The second kappa shape index (κ2) is 6.30. The van der Waals surface area contributed by atoms with Crippen LogP contribution in [0.15, 0.2) is 36.5 Å². The van der Waals surface area contributed by atoms with Crippen molar-refractivity contribution in [1.29, 1.82) is 0 Å². The molecule has 0 spiro atoms. The number of aromatic nitrogens is 3. The number of nitrogens with one attached hydrogen (secondary N) is 2. The minimum atomic E-state index is -0.0730. The van der Waals surface area contributed by atoms with Crippen molar-refractivity contribution in [3.63, 3.8) is 0 Å². The Balaban J connectivity index is 1.47. The largest absolute Gasteiger partial charge is 0.349 e. The van der Waals surface area contributed by atoms with Gasteiger partial charge in [-0.15, -0.1) is 0 Å². The van der Waals surface area contributed by atoms with Gasteiger partial charge in [0.15, 0.2) is 5.65 Å². The van der Waals surface area contributed by atoms with E-state index in [1.165, 1.54) is 12.8 Å². The fraction of sp³-hybridized carbons (Fsp3) is 0.435. The fourth-order valence-corrected chi connectivity index (χ4v) is 5.71. The molecule has 1 aromatic carbocycles. The molecule has 2 fully saturated rings. The van der Waals surface area contributed by atoms with Gasteiger partial charge < -0.3 is 10.3 Å². The molecule has 3 atom stereocenters. The maximum atomic E-state index is 13.2. The van der Waals surface area contributed by atoms with Crippen molar-refractivity contribution >= 4 is 28.7 Å². The molecule has 2 aromatic heterocycles. The molecule has 2 aliphatic rings. The maximum absolute atomic E-state index is 13.2. The first-order chi connectivity index (χ1) is 13.8. The van der Waals surface area contributed by atoms with E-state index in [4.69, 9.17) is 11.6 Å². The summed E-state index contributed by atoms with van der Waals surface area (Å²) >= 11 is 6.12. The highest BCUT2D eigenvalue weighted by Crippen LogP contribution is 2.65. The number of halogens is 1. The summed E-state index contributed by atoms with van der Waals surface area (Å²) in [7, 11) is 0. The van der Waals surface area contributed by atoms with Crippen molar-refractivity contribution in [2.75, 3.05) is 0 Å². The number of pyridine rings is 1. The van der Waals surface area contributed by atoms with Gasteiger partial charge in [0.25, 0.3) is 5.91 Å². The quantitative estimate of drug-likeness (QED) is 0.623. The summed E-state index contributed by atoms with van der Waals surface area (Å²) in [6.45, 7) is 7.04. The number of imidazole rings is 1. The van der Waals surface area contributed by atoms with Gasteiger partial charge in [0.05, 0.1) is 5.56 Å². The fourth-order valence-electron chi connectivity index (χ4n) is 5.52. The summed E-state index contributed by atoms with van der Waals surface area (Å²) in [6, 6.07) is 9.42. The number of hydrogen-bond acceptors (Lipinski definition) is 3. The number of amides is 1. The summed E-state index contributed by atoms with van der Waals surface area (Å²) in [4.78, 5) is 25.5. The van der Waals surface area contributed by atoms with Crippen LogP contribution in [0.2, 0.25) is 5.02 Å². The number of H-pyrrole nitrogens is 1. The summed E-state index contributed by atoms with van der Waals surface area (Å²) in [5.41, 5.74) is 3.01. The van der Waals surface area contributed by atoms with Crippen LogP contribution in [0.5, 0.6) is 0 Å². The van der Waals surface area contributed by atoms with Gasteiger partial charge in [-0.1, -0.05) is 44.5 Å². The van der Waals surface area contributed by atoms with Crippen molar-refractivity contribution in [2.24, 2.45) is 16.7 Å². The lowest BCUT2D eigenvalue weighted by molar-refractivity contribution is 0.0827. The van der Waals surface area contributed by atoms with Crippen molar-refractivity contribution in [1.82, 2.24) is 20.3 Å². The lowest BCUT2D eigenvalue weighted by Gasteiger charge is -2.39. The van der Waals surface area contributed by atoms with Gasteiger partial charge in [-0.25, -0.2) is 9.97 Å². The lowest BCUT2D eigenvalue weighted by atomic mass is 9.69. The number of benzene rings is 1. The molecule has 2 heterocycles. The van der Waals surface area contributed by atoms with Crippen molar-refractivity contribution < 1.29 is 4.79 Å². The third-order valence-corrected chi connectivity index (χ3v) is 8.06. The molecular formula is C23H25ClN4O. The summed E-state index contributed by atoms with van der Waals surface area (Å²) < 4.78 is 0. The van der Waals surface area contributed by atoms with Crippen LogP contribution >= 0.6 is 11.6 Å². The Morgan fingerprint density at radius 1 is 1.28 bits per heavy atom. The summed E-state index contributed by atoms with van der Waals surface area (Å²) in [5.74, 6) is 1.26. The molecular weight excluding hydrogens is 384 g/mol. The van der Waals surface area contributed by atoms with Gasteiger partial charge in [0.1, 0.15) is 11.3 Å². The van der Waals surface area contributed by atoms with E-state index >= 15 is 0 Å². The zero-order valence-electron chi connectivity index (χ0n) is 16.9. The van der Waals surface area contributed by atoms with Crippen LogP contribution in [0.25, 0.3) is 22.6 Å². The number of nitrogens with zero attached hydrogens (tertiary/aromatic N) is 2. The molecule has 29 heavy (non-hydrogen) atoms. The standard InChI is InChI=1S/C23H25ClN4O/c1-22(2)14-7-9-23(22,3)17(12-14)26-21(29)16-8-10-25-20-18(16)27-19(28-20)13-5-4-6-15(24)11-13/h4-6,8,10-11,14,17H,7,9,12H2,1-3H3,(H,26,29)(H,25,27,28). The average molecular weight is 409 g/mol. The van der Waals surface area contributed by atoms with Crippen LogP contribution in [-0.4, -0.2) is 26.9 Å². The number of rotatable bonds is 3. The highest BCUT2D eigenvalue weighted by atomic mass is 35.5. The van der Waals surface area contributed by atoms with Crippen LogP contribution in [0.3, 0.4) is 0 Å². The van der Waals surface area contributed by atoms with Crippen LogP contribution in [-0.2, 0) is 0 Å². The first-order valence-corrected chi connectivity index (χ1v) is 10.6. The van der Waals surface area contributed by atoms with Gasteiger partial charge >= 0.3 is 0 Å². The van der Waals surface area contributed by atoms with Crippen molar-refractivity contribution in [2.45, 2.75) is 46.1 Å². The summed E-state index contributed by atoms with van der Waals surface area (Å²) in [6.07, 6.45) is 5.14. The van der Waals surface area contributed by atoms with E-state index in [0.717, 1.165) is 12.0 Å². The van der Waals surface area contributed by atoms with Crippen molar-refractivity contribution in [3.8, 4) is 11.4 Å². The molecule has 2 saturated carbocycles. The highest BCUT2D eigenvalue weighted by Gasteiger charge is 2.61. The zero-order valence-corrected chi connectivity index (χ0v) is 17.7. The molecule has 150 valence electrons. The Morgan fingerprint density at radius 2 is 2.10 bits per heavy atom. The minimum absolute atomic E-state index is 0.0730. The monoisotopic (exact) mass is 408 g/mol. The number of aromatic amines is 1. The molecule has 0 aliphatic heterocycles. The van der Waals surface area contributed by atoms with Crippen molar-refractivity contribution in [3.05, 3.63) is 47.1 Å². The number of hydrogen-bond donors (Lipinski definition) is 2. The third-order valence-electron chi connectivity index (χ3n) is 7.83. The van der Waals surface area contributed by atoms with E-state index < -0.39 is 0 Å². The first-order valence-electron chi connectivity index (χ1n) is 10.2. The van der Waals surface area contributed by atoms with Gasteiger partial charge in [-0.2, -0.15) is 0 Å². The minimum Gasteiger partial charge on any atom is -0.349 e. The Kier molecular flexibility index (Phi) is 4.04. The van der Waals surface area contributed by atoms with Gasteiger partial charge in [-0.05, 0) is 54.2 Å². The van der Waals surface area contributed by atoms with E-state index in [2.05, 4.69) is 41.0 Å². The molecule has 2 N–H and O–H groups in total. The molecule has 6 heteroatoms. The van der Waals surface area contributed by atoms with Crippen LogP contribution in [0.1, 0.15) is 50.4 Å². The first kappa shape index (κ1) is 18.6. The second-order valence-corrected chi connectivity index (χ2v) is 9.72. The molecule has 2 aliphatic carbocycles. The molecule has 0 radical (unpaired) electrons. The molecule has 2 bridgehead atoms.